The number of para-hydroxylation sites is 1. The number of amides is 2. The number of fused-ring (bicyclic) bond motifs is 2. The highest BCUT2D eigenvalue weighted by atomic mass is 19.4. The van der Waals surface area contributed by atoms with Gasteiger partial charge in [0.1, 0.15) is 0 Å². The minimum atomic E-state index is -4.65. The lowest BCUT2D eigenvalue weighted by Gasteiger charge is -2.40. The van der Waals surface area contributed by atoms with E-state index in [-0.39, 0.29) is 19.0 Å². The highest BCUT2D eigenvalue weighted by Gasteiger charge is 2.47. The van der Waals surface area contributed by atoms with Gasteiger partial charge in [-0.15, -0.1) is 0 Å². The second kappa shape index (κ2) is 10.8. The van der Waals surface area contributed by atoms with Gasteiger partial charge in [0.2, 0.25) is 0 Å². The minimum absolute atomic E-state index is 0.134. The summed E-state index contributed by atoms with van der Waals surface area (Å²) in [5.74, 6) is 5.42. The van der Waals surface area contributed by atoms with E-state index in [0.717, 1.165) is 40.8 Å². The molecule has 0 aliphatic carbocycles. The van der Waals surface area contributed by atoms with Crippen molar-refractivity contribution in [3.63, 3.8) is 0 Å². The summed E-state index contributed by atoms with van der Waals surface area (Å²) in [4.78, 5) is 33.9. The van der Waals surface area contributed by atoms with E-state index in [4.69, 9.17) is 0 Å². The van der Waals surface area contributed by atoms with Crippen LogP contribution < -0.4 is 4.90 Å². The number of anilines is 1. The number of rotatable bonds is 2. The monoisotopic (exact) mass is 565 g/mol. The topological polar surface area (TPSA) is 53.5 Å². The fourth-order valence-electron chi connectivity index (χ4n) is 5.88. The van der Waals surface area contributed by atoms with E-state index >= 15 is 0 Å². The Labute approximate surface area is 241 Å². The molecule has 42 heavy (non-hydrogen) atoms. The van der Waals surface area contributed by atoms with E-state index < -0.39 is 28.6 Å². The van der Waals surface area contributed by atoms with Gasteiger partial charge in [-0.2, -0.15) is 13.2 Å². The Bertz CT molecular complexity index is 1700. The highest BCUT2D eigenvalue weighted by Crippen LogP contribution is 2.47. The third-order valence-corrected chi connectivity index (χ3v) is 8.09. The number of carbonyl (C=O) groups is 2. The minimum Gasteiger partial charge on any atom is -0.339 e. The van der Waals surface area contributed by atoms with Crippen molar-refractivity contribution in [2.24, 2.45) is 0 Å². The molecule has 1 fully saturated rings. The SMILES string of the molecule is O=C(c1cnccc1C(F)(F)F)N1CCC2(CC1)CN(C(=O)c1ccc(C#Cc3ccccc3)cc1)c1ccccc12. The molecule has 0 N–H and O–H groups in total. The normalized spacial score (nSPS) is 15.6. The highest BCUT2D eigenvalue weighted by molar-refractivity contribution is 6.08. The second-order valence-electron chi connectivity index (χ2n) is 10.6. The van der Waals surface area contributed by atoms with Gasteiger partial charge >= 0.3 is 6.18 Å². The molecule has 2 amide bonds. The summed E-state index contributed by atoms with van der Waals surface area (Å²) in [6.07, 6.45) is -1.58. The standard InChI is InChI=1S/C34H26F3N3O2/c35-34(36,37)28-16-19-38-22-27(28)32(42)39-20-17-33(18-21-39)23-40(30-9-5-4-8-29(30)33)31(41)26-14-12-25(13-15-26)11-10-24-6-2-1-3-7-24/h1-9,12-16,19,22H,17-18,20-21,23H2. The average molecular weight is 566 g/mol. The third kappa shape index (κ3) is 5.14. The van der Waals surface area contributed by atoms with Crippen molar-refractivity contribution < 1.29 is 22.8 Å². The lowest BCUT2D eigenvalue weighted by molar-refractivity contribution is -0.138. The number of hydrogen-bond donors (Lipinski definition) is 0. The molecule has 3 heterocycles. The Hall–Kier alpha value is -4.90. The molecule has 1 spiro atoms. The number of aromatic nitrogens is 1. The number of carbonyl (C=O) groups excluding carboxylic acids is 2. The summed E-state index contributed by atoms with van der Waals surface area (Å²) in [7, 11) is 0. The van der Waals surface area contributed by atoms with E-state index in [1.807, 2.05) is 66.7 Å². The lowest BCUT2D eigenvalue weighted by atomic mass is 9.74. The fraction of sp³-hybridized carbons (Fsp3) is 0.206. The van der Waals surface area contributed by atoms with Crippen LogP contribution in [0.3, 0.4) is 0 Å². The second-order valence-corrected chi connectivity index (χ2v) is 10.6. The lowest BCUT2D eigenvalue weighted by Crippen LogP contribution is -2.48. The first-order valence-corrected chi connectivity index (χ1v) is 13.6. The summed E-state index contributed by atoms with van der Waals surface area (Å²) in [5, 5.41) is 0. The Morgan fingerprint density at radius 1 is 0.786 bits per heavy atom. The van der Waals surface area contributed by atoms with Gasteiger partial charge in [-0.05, 0) is 66.9 Å². The molecule has 0 atom stereocenters. The van der Waals surface area contributed by atoms with Crippen LogP contribution >= 0.6 is 0 Å². The summed E-state index contributed by atoms with van der Waals surface area (Å²) in [6, 6.07) is 25.5. The van der Waals surface area contributed by atoms with Gasteiger partial charge < -0.3 is 9.80 Å². The van der Waals surface area contributed by atoms with E-state index in [0.29, 0.717) is 24.9 Å². The molecule has 1 saturated heterocycles. The summed E-state index contributed by atoms with van der Waals surface area (Å²) >= 11 is 0. The zero-order valence-electron chi connectivity index (χ0n) is 22.6. The number of nitrogens with zero attached hydrogens (tertiary/aromatic N) is 3. The Kier molecular flexibility index (Phi) is 7.03. The van der Waals surface area contributed by atoms with Crippen LogP contribution in [0.1, 0.15) is 55.8 Å². The molecule has 2 aliphatic heterocycles. The predicted molar refractivity (Wildman–Crippen MR) is 153 cm³/mol. The maximum absolute atomic E-state index is 13.7. The maximum atomic E-state index is 13.7. The van der Waals surface area contributed by atoms with Crippen LogP contribution in [0.15, 0.2) is 97.3 Å². The molecular formula is C34H26F3N3O2. The largest absolute Gasteiger partial charge is 0.417 e. The van der Waals surface area contributed by atoms with Crippen LogP contribution in [0.25, 0.3) is 0 Å². The molecule has 8 heteroatoms. The van der Waals surface area contributed by atoms with Gasteiger partial charge in [0.15, 0.2) is 0 Å². The Balaban J connectivity index is 1.19. The quantitative estimate of drug-likeness (QED) is 0.267. The van der Waals surface area contributed by atoms with E-state index in [1.165, 1.54) is 4.90 Å². The van der Waals surface area contributed by atoms with Crippen molar-refractivity contribution in [2.75, 3.05) is 24.5 Å². The van der Waals surface area contributed by atoms with Gasteiger partial charge in [0.05, 0.1) is 11.1 Å². The number of hydrogen-bond acceptors (Lipinski definition) is 3. The first-order valence-electron chi connectivity index (χ1n) is 13.6. The number of piperidine rings is 1. The van der Waals surface area contributed by atoms with Crippen LogP contribution in [0, 0.1) is 11.8 Å². The van der Waals surface area contributed by atoms with Crippen LogP contribution in [0.2, 0.25) is 0 Å². The molecule has 6 rings (SSSR count). The van der Waals surface area contributed by atoms with Gasteiger partial charge in [-0.3, -0.25) is 14.6 Å². The predicted octanol–water partition coefficient (Wildman–Crippen LogP) is 6.33. The summed E-state index contributed by atoms with van der Waals surface area (Å²) in [5.41, 5.74) is 2.26. The first kappa shape index (κ1) is 27.3. The van der Waals surface area contributed by atoms with Crippen LogP contribution in [-0.4, -0.2) is 41.3 Å². The van der Waals surface area contributed by atoms with Crippen molar-refractivity contribution in [1.29, 1.82) is 0 Å². The number of benzene rings is 3. The first-order chi connectivity index (χ1) is 20.2. The average Bonchev–Trinajstić information content (AvgIpc) is 3.33. The summed E-state index contributed by atoms with van der Waals surface area (Å²) < 4.78 is 40.6. The molecular weight excluding hydrogens is 539 g/mol. The smallest absolute Gasteiger partial charge is 0.339 e. The molecule has 0 bridgehead atoms. The molecule has 0 unspecified atom stereocenters. The van der Waals surface area contributed by atoms with E-state index in [1.54, 1.807) is 17.0 Å². The van der Waals surface area contributed by atoms with Crippen molar-refractivity contribution >= 4 is 17.5 Å². The van der Waals surface area contributed by atoms with Crippen LogP contribution in [-0.2, 0) is 11.6 Å². The molecule has 5 nitrogen and oxygen atoms in total. The zero-order chi connectivity index (χ0) is 29.3. The van der Waals surface area contributed by atoms with Crippen molar-refractivity contribution in [3.05, 3.63) is 131 Å². The third-order valence-electron chi connectivity index (χ3n) is 8.09. The van der Waals surface area contributed by atoms with Crippen molar-refractivity contribution in [3.8, 4) is 11.8 Å². The fourth-order valence-corrected chi connectivity index (χ4v) is 5.88. The number of alkyl halides is 3. The molecule has 2 aliphatic rings. The molecule has 1 aromatic heterocycles. The van der Waals surface area contributed by atoms with E-state index in [2.05, 4.69) is 16.8 Å². The van der Waals surface area contributed by atoms with Crippen molar-refractivity contribution in [2.45, 2.75) is 24.4 Å². The van der Waals surface area contributed by atoms with Gasteiger partial charge in [0.25, 0.3) is 11.8 Å². The van der Waals surface area contributed by atoms with Crippen LogP contribution in [0.4, 0.5) is 18.9 Å². The zero-order valence-corrected chi connectivity index (χ0v) is 22.6. The Morgan fingerprint density at radius 3 is 2.12 bits per heavy atom. The molecule has 4 aromatic rings. The van der Waals surface area contributed by atoms with Gasteiger partial charge in [-0.25, -0.2) is 0 Å². The number of pyridine rings is 1. The molecule has 3 aromatic carbocycles. The molecule has 0 radical (unpaired) electrons. The molecule has 210 valence electrons. The van der Waals surface area contributed by atoms with Crippen molar-refractivity contribution in [1.82, 2.24) is 9.88 Å². The van der Waals surface area contributed by atoms with Crippen LogP contribution in [0.5, 0.6) is 0 Å². The molecule has 0 saturated carbocycles. The maximum Gasteiger partial charge on any atom is 0.417 e. The van der Waals surface area contributed by atoms with E-state index in [9.17, 15) is 22.8 Å². The van der Waals surface area contributed by atoms with Gasteiger partial charge in [-0.1, -0.05) is 48.2 Å². The number of halogens is 3. The van der Waals surface area contributed by atoms with Gasteiger partial charge in [0, 0.05) is 59.8 Å². The summed E-state index contributed by atoms with van der Waals surface area (Å²) in [6.45, 7) is 0.982. The Morgan fingerprint density at radius 2 is 1.43 bits per heavy atom. The number of likely N-dealkylation sites (tertiary alicyclic amines) is 1.